The van der Waals surface area contributed by atoms with Crippen LogP contribution in [0.2, 0.25) is 0 Å². The first kappa shape index (κ1) is 15.1. The molecule has 0 heterocycles. The van der Waals surface area contributed by atoms with Crippen LogP contribution in [-0.4, -0.2) is 50.3 Å². The third-order valence-electron chi connectivity index (χ3n) is 3.22. The molecule has 1 N–H and O–H groups in total. The summed E-state index contributed by atoms with van der Waals surface area (Å²) in [5.74, 6) is 1.51. The maximum Gasteiger partial charge on any atom is 0.130 e. The van der Waals surface area contributed by atoms with E-state index in [0.29, 0.717) is 26.2 Å². The van der Waals surface area contributed by atoms with Gasteiger partial charge in [0.1, 0.15) is 23.7 Å². The van der Waals surface area contributed by atoms with Gasteiger partial charge in [-0.2, -0.15) is 0 Å². The van der Waals surface area contributed by atoms with E-state index < -0.39 is 6.10 Å². The number of benzene rings is 1. The molecule has 3 atom stereocenters. The van der Waals surface area contributed by atoms with Crippen LogP contribution in [0.3, 0.4) is 0 Å². The molecule has 0 saturated heterocycles. The Kier molecular flexibility index (Phi) is 5.64. The molecule has 5 heteroatoms. The van der Waals surface area contributed by atoms with Gasteiger partial charge in [-0.15, -0.1) is 0 Å². The number of ether oxygens (including phenoxy) is 4. The highest BCUT2D eigenvalue weighted by molar-refractivity contribution is 5.33. The predicted octanol–water partition coefficient (Wildman–Crippen LogP) is 1.63. The monoisotopic (exact) mass is 282 g/mol. The molecule has 3 unspecified atom stereocenters. The molecule has 0 radical (unpaired) electrons. The zero-order chi connectivity index (χ0) is 14.4. The van der Waals surface area contributed by atoms with Crippen LogP contribution in [0.4, 0.5) is 0 Å². The average Bonchev–Trinajstić information content (AvgIpc) is 2.44. The van der Waals surface area contributed by atoms with Crippen molar-refractivity contribution >= 4 is 0 Å². The van der Waals surface area contributed by atoms with E-state index in [0.717, 1.165) is 11.5 Å². The molecule has 0 spiro atoms. The van der Waals surface area contributed by atoms with Crippen molar-refractivity contribution in [2.75, 3.05) is 26.9 Å². The van der Waals surface area contributed by atoms with Crippen molar-refractivity contribution in [2.45, 2.75) is 31.7 Å². The van der Waals surface area contributed by atoms with Crippen LogP contribution in [0.25, 0.3) is 0 Å². The molecule has 112 valence electrons. The van der Waals surface area contributed by atoms with Gasteiger partial charge >= 0.3 is 0 Å². The summed E-state index contributed by atoms with van der Waals surface area (Å²) in [6.07, 6.45) is -0.303. The third kappa shape index (κ3) is 3.85. The molecule has 5 nitrogen and oxygen atoms in total. The Bertz CT molecular complexity index is 409. The topological polar surface area (TPSA) is 57.2 Å². The lowest BCUT2D eigenvalue weighted by atomic mass is 9.88. The van der Waals surface area contributed by atoms with Crippen LogP contribution < -0.4 is 9.47 Å². The fraction of sp³-hybridized carbons (Fsp3) is 0.600. The second kappa shape index (κ2) is 7.47. The van der Waals surface area contributed by atoms with E-state index in [9.17, 15) is 5.11 Å². The van der Waals surface area contributed by atoms with Gasteiger partial charge in [-0.3, -0.25) is 0 Å². The maximum atomic E-state index is 9.72. The molecular formula is C15H22O5. The summed E-state index contributed by atoms with van der Waals surface area (Å²) in [6.45, 7) is 3.52. The number of rotatable bonds is 8. The van der Waals surface area contributed by atoms with Gasteiger partial charge in [0.25, 0.3) is 0 Å². The van der Waals surface area contributed by atoms with Gasteiger partial charge in [0, 0.05) is 19.6 Å². The summed E-state index contributed by atoms with van der Waals surface area (Å²) in [4.78, 5) is 0. The Morgan fingerprint density at radius 1 is 1.25 bits per heavy atom. The smallest absolute Gasteiger partial charge is 0.130 e. The van der Waals surface area contributed by atoms with Crippen molar-refractivity contribution in [1.82, 2.24) is 0 Å². The highest BCUT2D eigenvalue weighted by atomic mass is 16.6. The quantitative estimate of drug-likeness (QED) is 0.734. The second-order valence-corrected chi connectivity index (χ2v) is 4.70. The van der Waals surface area contributed by atoms with Crippen molar-refractivity contribution in [3.63, 3.8) is 0 Å². The van der Waals surface area contributed by atoms with Crippen LogP contribution in [0.5, 0.6) is 11.5 Å². The van der Waals surface area contributed by atoms with Crippen LogP contribution >= 0.6 is 0 Å². The normalized spacial score (nSPS) is 25.1. The van der Waals surface area contributed by atoms with Crippen molar-refractivity contribution < 1.29 is 24.1 Å². The molecule has 0 amide bonds. The van der Waals surface area contributed by atoms with Crippen molar-refractivity contribution in [3.8, 4) is 11.5 Å². The number of methoxy groups -OCH3 is 1. The van der Waals surface area contributed by atoms with E-state index in [1.54, 1.807) is 7.11 Å². The summed E-state index contributed by atoms with van der Waals surface area (Å²) in [5.41, 5.74) is 0. The van der Waals surface area contributed by atoms with Crippen LogP contribution in [-0.2, 0) is 9.47 Å². The molecule has 0 aliphatic heterocycles. The molecule has 1 saturated carbocycles. The molecule has 2 rings (SSSR count). The summed E-state index contributed by atoms with van der Waals surface area (Å²) in [5, 5.41) is 9.72. The Labute approximate surface area is 119 Å². The van der Waals surface area contributed by atoms with E-state index in [2.05, 4.69) is 0 Å². The van der Waals surface area contributed by atoms with Crippen LogP contribution in [0, 0.1) is 0 Å². The average molecular weight is 282 g/mol. The predicted molar refractivity (Wildman–Crippen MR) is 74.3 cm³/mol. The molecule has 1 aliphatic rings. The summed E-state index contributed by atoms with van der Waals surface area (Å²) >= 11 is 0. The summed E-state index contributed by atoms with van der Waals surface area (Å²) in [6, 6.07) is 7.49. The molecule has 1 fully saturated rings. The van der Waals surface area contributed by atoms with E-state index in [1.165, 1.54) is 0 Å². The van der Waals surface area contributed by atoms with Gasteiger partial charge in [0.2, 0.25) is 0 Å². The third-order valence-corrected chi connectivity index (χ3v) is 3.22. The van der Waals surface area contributed by atoms with Gasteiger partial charge in [-0.05, 0) is 19.1 Å². The van der Waals surface area contributed by atoms with Crippen molar-refractivity contribution in [3.05, 3.63) is 24.3 Å². The largest absolute Gasteiger partial charge is 0.494 e. The standard InChI is InChI=1S/C15H22O5/c1-3-18-11-5-4-6-12(9-11)20-14-10-13(16)15(14)19-8-7-17-2/h4-6,9,13-16H,3,7-8,10H2,1-2H3. The molecular weight excluding hydrogens is 260 g/mol. The lowest BCUT2D eigenvalue weighted by Gasteiger charge is -2.40. The van der Waals surface area contributed by atoms with Gasteiger partial charge in [0.15, 0.2) is 0 Å². The first-order valence-electron chi connectivity index (χ1n) is 6.92. The fourth-order valence-corrected chi connectivity index (χ4v) is 2.14. The van der Waals surface area contributed by atoms with Gasteiger partial charge in [-0.1, -0.05) is 6.07 Å². The van der Waals surface area contributed by atoms with E-state index >= 15 is 0 Å². The zero-order valence-corrected chi connectivity index (χ0v) is 12.0. The number of hydrogen-bond donors (Lipinski definition) is 1. The summed E-state index contributed by atoms with van der Waals surface area (Å²) < 4.78 is 21.8. The molecule has 20 heavy (non-hydrogen) atoms. The van der Waals surface area contributed by atoms with Gasteiger partial charge in [0.05, 0.1) is 25.9 Å². The van der Waals surface area contributed by atoms with Gasteiger partial charge < -0.3 is 24.1 Å². The van der Waals surface area contributed by atoms with E-state index in [4.69, 9.17) is 18.9 Å². The van der Waals surface area contributed by atoms with Crippen molar-refractivity contribution in [1.29, 1.82) is 0 Å². The lowest BCUT2D eigenvalue weighted by Crippen LogP contribution is -2.55. The molecule has 0 bridgehead atoms. The Morgan fingerprint density at radius 3 is 2.75 bits per heavy atom. The Hall–Kier alpha value is -1.30. The highest BCUT2D eigenvalue weighted by Gasteiger charge is 2.42. The number of aliphatic hydroxyl groups is 1. The first-order chi connectivity index (χ1) is 9.74. The Balaban J connectivity index is 1.87. The van der Waals surface area contributed by atoms with Crippen molar-refractivity contribution in [2.24, 2.45) is 0 Å². The maximum absolute atomic E-state index is 9.72. The Morgan fingerprint density at radius 2 is 2.05 bits per heavy atom. The summed E-state index contributed by atoms with van der Waals surface area (Å²) in [7, 11) is 1.62. The minimum absolute atomic E-state index is 0.126. The lowest BCUT2D eigenvalue weighted by molar-refractivity contribution is -0.167. The number of hydrogen-bond acceptors (Lipinski definition) is 5. The molecule has 1 aliphatic carbocycles. The number of aliphatic hydroxyl groups excluding tert-OH is 1. The molecule has 1 aromatic carbocycles. The molecule has 1 aromatic rings. The molecule has 0 aromatic heterocycles. The minimum Gasteiger partial charge on any atom is -0.494 e. The van der Waals surface area contributed by atoms with Crippen LogP contribution in [0.1, 0.15) is 13.3 Å². The fourth-order valence-electron chi connectivity index (χ4n) is 2.14. The highest BCUT2D eigenvalue weighted by Crippen LogP contribution is 2.30. The van der Waals surface area contributed by atoms with E-state index in [-0.39, 0.29) is 12.2 Å². The van der Waals surface area contributed by atoms with Gasteiger partial charge in [-0.25, -0.2) is 0 Å². The second-order valence-electron chi connectivity index (χ2n) is 4.70. The van der Waals surface area contributed by atoms with Crippen LogP contribution in [0.15, 0.2) is 24.3 Å². The van der Waals surface area contributed by atoms with E-state index in [1.807, 2.05) is 31.2 Å². The SMILES string of the molecule is CCOc1cccc(OC2CC(O)C2OCCOC)c1. The zero-order valence-electron chi connectivity index (χ0n) is 12.0. The first-order valence-corrected chi connectivity index (χ1v) is 6.92. The minimum atomic E-state index is -0.466.